The minimum Gasteiger partial charge on any atom is -0.351 e. The summed E-state index contributed by atoms with van der Waals surface area (Å²) in [4.78, 5) is 37.5. The Morgan fingerprint density at radius 2 is 2.17 bits per heavy atom. The van der Waals surface area contributed by atoms with E-state index in [0.717, 1.165) is 37.4 Å². The number of nitrogens with zero attached hydrogens (tertiary/aromatic N) is 5. The highest BCUT2D eigenvalue weighted by atomic mass is 32.2. The number of tetrazole rings is 1. The second-order valence-electron chi connectivity index (χ2n) is 5.72. The highest BCUT2D eigenvalue weighted by molar-refractivity contribution is 8.14. The van der Waals surface area contributed by atoms with Crippen molar-refractivity contribution in [1.29, 1.82) is 0 Å². The molecule has 11 heteroatoms. The van der Waals surface area contributed by atoms with Crippen LogP contribution in [0, 0.1) is 0 Å². The fourth-order valence-electron chi connectivity index (χ4n) is 3.00. The number of amides is 3. The lowest BCUT2D eigenvalue weighted by atomic mass is 9.89. The zero-order valence-electron chi connectivity index (χ0n) is 13.2. The molecular formula is C13H18N6O3S2. The number of rotatable bonds is 5. The molecule has 130 valence electrons. The third-order valence-corrected chi connectivity index (χ3v) is 5.95. The molecule has 1 saturated heterocycles. The van der Waals surface area contributed by atoms with Gasteiger partial charge in [-0.15, -0.1) is 5.10 Å². The van der Waals surface area contributed by atoms with Crippen LogP contribution in [0.15, 0.2) is 5.16 Å². The van der Waals surface area contributed by atoms with E-state index >= 15 is 0 Å². The Morgan fingerprint density at radius 3 is 2.83 bits per heavy atom. The zero-order valence-corrected chi connectivity index (χ0v) is 14.8. The van der Waals surface area contributed by atoms with Crippen LogP contribution in [0.4, 0.5) is 4.79 Å². The van der Waals surface area contributed by atoms with Crippen LogP contribution < -0.4 is 5.32 Å². The van der Waals surface area contributed by atoms with Gasteiger partial charge in [-0.2, -0.15) is 0 Å². The highest BCUT2D eigenvalue weighted by Gasteiger charge is 2.41. The van der Waals surface area contributed by atoms with Crippen molar-refractivity contribution in [3.8, 4) is 0 Å². The van der Waals surface area contributed by atoms with Gasteiger partial charge in [0.2, 0.25) is 17.0 Å². The molecule has 1 aliphatic carbocycles. The monoisotopic (exact) mass is 370 g/mol. The van der Waals surface area contributed by atoms with Crippen LogP contribution >= 0.6 is 23.5 Å². The van der Waals surface area contributed by atoms with Crippen molar-refractivity contribution in [1.82, 2.24) is 30.4 Å². The van der Waals surface area contributed by atoms with E-state index < -0.39 is 0 Å². The molecule has 0 bridgehead atoms. The number of carbonyl (C=O) groups is 3. The number of hydrogen-bond donors (Lipinski definition) is 1. The van der Waals surface area contributed by atoms with Gasteiger partial charge >= 0.3 is 0 Å². The van der Waals surface area contributed by atoms with E-state index in [1.165, 1.54) is 21.3 Å². The van der Waals surface area contributed by atoms with E-state index in [2.05, 4.69) is 20.8 Å². The maximum atomic E-state index is 12.2. The number of imide groups is 1. The molecule has 0 radical (unpaired) electrons. The van der Waals surface area contributed by atoms with E-state index in [1.54, 1.807) is 7.05 Å². The summed E-state index contributed by atoms with van der Waals surface area (Å²) in [5, 5.41) is 14.4. The lowest BCUT2D eigenvalue weighted by Gasteiger charge is -2.36. The lowest BCUT2D eigenvalue weighted by Crippen LogP contribution is -2.55. The Balaban J connectivity index is 1.59. The Kier molecular flexibility index (Phi) is 5.39. The second kappa shape index (κ2) is 7.51. The molecule has 24 heavy (non-hydrogen) atoms. The van der Waals surface area contributed by atoms with Crippen molar-refractivity contribution in [3.63, 3.8) is 0 Å². The zero-order chi connectivity index (χ0) is 17.1. The Morgan fingerprint density at radius 1 is 1.38 bits per heavy atom. The molecule has 9 nitrogen and oxygen atoms in total. The van der Waals surface area contributed by atoms with Crippen LogP contribution in [0.2, 0.25) is 0 Å². The van der Waals surface area contributed by atoms with E-state index in [4.69, 9.17) is 0 Å². The van der Waals surface area contributed by atoms with Gasteiger partial charge in [-0.1, -0.05) is 36.4 Å². The smallest absolute Gasteiger partial charge is 0.289 e. The minimum absolute atomic E-state index is 0.147. The molecule has 1 aromatic heterocycles. The van der Waals surface area contributed by atoms with Crippen molar-refractivity contribution >= 4 is 40.6 Å². The summed E-state index contributed by atoms with van der Waals surface area (Å²) in [6.45, 7) is 0. The first-order chi connectivity index (χ1) is 11.6. The first-order valence-electron chi connectivity index (χ1n) is 7.69. The van der Waals surface area contributed by atoms with Crippen LogP contribution in [0.25, 0.3) is 0 Å². The minimum atomic E-state index is -0.237. The Bertz CT molecular complexity index is 635. The number of aromatic nitrogens is 4. The predicted octanol–water partition coefficient (Wildman–Crippen LogP) is 0.425. The lowest BCUT2D eigenvalue weighted by molar-refractivity contribution is -0.128. The van der Waals surface area contributed by atoms with Gasteiger partial charge in [0.15, 0.2) is 0 Å². The van der Waals surface area contributed by atoms with Gasteiger partial charge in [0.1, 0.15) is 0 Å². The summed E-state index contributed by atoms with van der Waals surface area (Å²) in [5.74, 6) is 0.0846. The van der Waals surface area contributed by atoms with Gasteiger partial charge in [-0.25, -0.2) is 4.68 Å². The number of aryl methyl sites for hydroxylation is 1. The van der Waals surface area contributed by atoms with Crippen molar-refractivity contribution in [2.75, 3.05) is 11.5 Å². The molecule has 1 aliphatic heterocycles. The SMILES string of the molecule is Cn1nnnc1SCC(=O)NC1CCCCC1N1C(=O)CSC1=O. The molecule has 1 aromatic rings. The molecule has 2 atom stereocenters. The average molecular weight is 370 g/mol. The number of carbonyl (C=O) groups excluding carboxylic acids is 3. The third kappa shape index (κ3) is 3.72. The molecule has 2 fully saturated rings. The molecule has 2 aliphatic rings. The molecule has 0 aromatic carbocycles. The van der Waals surface area contributed by atoms with E-state index in [1.807, 2.05) is 0 Å². The summed E-state index contributed by atoms with van der Waals surface area (Å²) >= 11 is 2.28. The van der Waals surface area contributed by atoms with Crippen molar-refractivity contribution in [2.45, 2.75) is 42.9 Å². The second-order valence-corrected chi connectivity index (χ2v) is 7.59. The third-order valence-electron chi connectivity index (χ3n) is 4.11. The maximum Gasteiger partial charge on any atom is 0.289 e. The molecule has 2 unspecified atom stereocenters. The fraction of sp³-hybridized carbons (Fsp3) is 0.692. The van der Waals surface area contributed by atoms with Gasteiger partial charge in [-0.05, 0) is 23.3 Å². The Labute approximate surface area is 147 Å². The fourth-order valence-corrected chi connectivity index (χ4v) is 4.42. The van der Waals surface area contributed by atoms with E-state index in [-0.39, 0.29) is 40.6 Å². The molecule has 1 N–H and O–H groups in total. The molecule has 0 spiro atoms. The van der Waals surface area contributed by atoms with Crippen LogP contribution in [0.3, 0.4) is 0 Å². The van der Waals surface area contributed by atoms with Gasteiger partial charge in [-0.3, -0.25) is 19.3 Å². The molecule has 3 amide bonds. The molecule has 3 rings (SSSR count). The average Bonchev–Trinajstić information content (AvgIpc) is 3.12. The largest absolute Gasteiger partial charge is 0.351 e. The standard InChI is InChI=1S/C13H18N6O3S2/c1-18-12(15-16-17-18)23-6-10(20)14-8-4-2-3-5-9(8)19-11(21)7-24-13(19)22/h8-9H,2-7H2,1H3,(H,14,20). The van der Waals surface area contributed by atoms with Crippen LogP contribution in [0.1, 0.15) is 25.7 Å². The number of hydrogen-bond acceptors (Lipinski definition) is 8. The van der Waals surface area contributed by atoms with Crippen molar-refractivity contribution < 1.29 is 14.4 Å². The van der Waals surface area contributed by atoms with Crippen LogP contribution in [0.5, 0.6) is 0 Å². The number of nitrogens with one attached hydrogen (secondary N) is 1. The summed E-state index contributed by atoms with van der Waals surface area (Å²) < 4.78 is 1.50. The predicted molar refractivity (Wildman–Crippen MR) is 88.4 cm³/mol. The van der Waals surface area contributed by atoms with E-state index in [9.17, 15) is 14.4 Å². The van der Waals surface area contributed by atoms with Crippen LogP contribution in [-0.2, 0) is 16.6 Å². The quantitative estimate of drug-likeness (QED) is 0.743. The normalized spacial score (nSPS) is 24.5. The topological polar surface area (TPSA) is 110 Å². The summed E-state index contributed by atoms with van der Waals surface area (Å²) in [5.41, 5.74) is 0. The Hall–Kier alpha value is -1.62. The number of thioether (sulfide) groups is 2. The molecular weight excluding hydrogens is 352 g/mol. The van der Waals surface area contributed by atoms with E-state index in [0.29, 0.717) is 5.16 Å². The summed E-state index contributed by atoms with van der Waals surface area (Å²) in [7, 11) is 1.71. The maximum absolute atomic E-state index is 12.2. The highest BCUT2D eigenvalue weighted by Crippen LogP contribution is 2.30. The van der Waals surface area contributed by atoms with Crippen molar-refractivity contribution in [2.24, 2.45) is 7.05 Å². The van der Waals surface area contributed by atoms with Gasteiger partial charge in [0.25, 0.3) is 5.24 Å². The molecule has 2 heterocycles. The van der Waals surface area contributed by atoms with Gasteiger partial charge in [0, 0.05) is 13.1 Å². The van der Waals surface area contributed by atoms with Crippen molar-refractivity contribution in [3.05, 3.63) is 0 Å². The van der Waals surface area contributed by atoms with Gasteiger partial charge in [0.05, 0.1) is 17.5 Å². The first-order valence-corrected chi connectivity index (χ1v) is 9.66. The van der Waals surface area contributed by atoms with Crippen LogP contribution in [-0.4, -0.2) is 65.8 Å². The first kappa shape index (κ1) is 17.2. The summed E-state index contributed by atoms with van der Waals surface area (Å²) in [6.07, 6.45) is 3.45. The molecule has 1 saturated carbocycles. The van der Waals surface area contributed by atoms with Gasteiger partial charge < -0.3 is 5.32 Å². The summed E-state index contributed by atoms with van der Waals surface area (Å²) in [6, 6.07) is -0.421.